The van der Waals surface area contributed by atoms with E-state index in [0.717, 1.165) is 27.9 Å². The Bertz CT molecular complexity index is 1560. The van der Waals surface area contributed by atoms with E-state index in [2.05, 4.69) is 10.3 Å². The molecule has 5 aromatic rings. The zero-order valence-corrected chi connectivity index (χ0v) is 20.5. The van der Waals surface area contributed by atoms with Crippen LogP contribution >= 0.6 is 0 Å². The second kappa shape index (κ2) is 11.1. The van der Waals surface area contributed by atoms with Crippen LogP contribution in [0.3, 0.4) is 0 Å². The van der Waals surface area contributed by atoms with Gasteiger partial charge in [-0.05, 0) is 52.9 Å². The van der Waals surface area contributed by atoms with Crippen molar-refractivity contribution in [1.29, 1.82) is 0 Å². The van der Waals surface area contributed by atoms with Crippen LogP contribution in [0.4, 0.5) is 11.7 Å². The fourth-order valence-corrected chi connectivity index (χ4v) is 4.33. The standard InChI is InChI=1S/C31H26N2O5/c34-19-21-6-15-29-27(17-21)33-31(38-29)32-26-13-11-23(12-14-26)22-7-9-24(10-8-22)28(35)18-25(30(36)37)16-20-4-2-1-3-5-20/h1-15,17,25,34H,16,18-19H2,(H,32,33)(H,36,37). The highest BCUT2D eigenvalue weighted by molar-refractivity contribution is 5.98. The largest absolute Gasteiger partial charge is 0.481 e. The number of oxazole rings is 1. The number of ketones is 1. The summed E-state index contributed by atoms with van der Waals surface area (Å²) in [5.74, 6) is -1.94. The number of carboxylic acid groups (broad SMARTS) is 1. The molecule has 0 aliphatic rings. The summed E-state index contributed by atoms with van der Waals surface area (Å²) in [6.07, 6.45) is 0.259. The highest BCUT2D eigenvalue weighted by Crippen LogP contribution is 2.26. The van der Waals surface area contributed by atoms with E-state index in [9.17, 15) is 19.8 Å². The van der Waals surface area contributed by atoms with Gasteiger partial charge >= 0.3 is 5.97 Å². The minimum atomic E-state index is -0.972. The van der Waals surface area contributed by atoms with Crippen molar-refractivity contribution in [2.75, 3.05) is 5.32 Å². The Morgan fingerprint density at radius 1 is 0.842 bits per heavy atom. The fourth-order valence-electron chi connectivity index (χ4n) is 4.33. The third-order valence-corrected chi connectivity index (χ3v) is 6.42. The first kappa shape index (κ1) is 24.9. The molecule has 0 aliphatic heterocycles. The van der Waals surface area contributed by atoms with Crippen molar-refractivity contribution >= 4 is 34.6 Å². The van der Waals surface area contributed by atoms with Gasteiger partial charge in [0.25, 0.3) is 6.01 Å². The summed E-state index contributed by atoms with van der Waals surface area (Å²) in [6.45, 7) is -0.0563. The Balaban J connectivity index is 1.23. The maximum absolute atomic E-state index is 12.8. The number of benzene rings is 4. The molecule has 0 spiro atoms. The summed E-state index contributed by atoms with van der Waals surface area (Å²) in [6, 6.07) is 30.0. The molecule has 4 aromatic carbocycles. The topological polar surface area (TPSA) is 113 Å². The van der Waals surface area contributed by atoms with Crippen molar-refractivity contribution in [3.8, 4) is 11.1 Å². The molecule has 7 heteroatoms. The number of nitrogens with zero attached hydrogens (tertiary/aromatic N) is 1. The van der Waals surface area contributed by atoms with Gasteiger partial charge in [0.05, 0.1) is 12.5 Å². The predicted molar refractivity (Wildman–Crippen MR) is 145 cm³/mol. The lowest BCUT2D eigenvalue weighted by Crippen LogP contribution is -2.20. The molecule has 0 radical (unpaired) electrons. The average Bonchev–Trinajstić information content (AvgIpc) is 3.35. The van der Waals surface area contributed by atoms with Crippen molar-refractivity contribution in [3.63, 3.8) is 0 Å². The Morgan fingerprint density at radius 2 is 1.53 bits per heavy atom. The first-order chi connectivity index (χ1) is 18.5. The molecule has 0 amide bonds. The molecule has 1 heterocycles. The number of nitrogens with one attached hydrogen (secondary N) is 1. The lowest BCUT2D eigenvalue weighted by molar-refractivity contribution is -0.141. The van der Waals surface area contributed by atoms with Crippen LogP contribution in [-0.4, -0.2) is 26.9 Å². The first-order valence-corrected chi connectivity index (χ1v) is 12.3. The van der Waals surface area contributed by atoms with Crippen LogP contribution in [-0.2, 0) is 17.8 Å². The number of aliphatic carboxylic acids is 1. The summed E-state index contributed by atoms with van der Waals surface area (Å²) in [5, 5.41) is 22.1. The van der Waals surface area contributed by atoms with Gasteiger partial charge < -0.3 is 19.9 Å². The number of hydrogen-bond donors (Lipinski definition) is 3. The van der Waals surface area contributed by atoms with E-state index >= 15 is 0 Å². The molecule has 0 saturated heterocycles. The molecule has 38 heavy (non-hydrogen) atoms. The van der Waals surface area contributed by atoms with Crippen LogP contribution in [0, 0.1) is 5.92 Å². The Hall–Kier alpha value is -4.75. The van der Waals surface area contributed by atoms with E-state index in [1.807, 2.05) is 66.7 Å². The van der Waals surface area contributed by atoms with Crippen LogP contribution < -0.4 is 5.32 Å². The number of carboxylic acids is 1. The van der Waals surface area contributed by atoms with Gasteiger partial charge in [-0.1, -0.05) is 72.8 Å². The quantitative estimate of drug-likeness (QED) is 0.192. The van der Waals surface area contributed by atoms with Gasteiger partial charge in [0.15, 0.2) is 11.4 Å². The SMILES string of the molecule is O=C(CC(Cc1ccccc1)C(=O)O)c1ccc(-c2ccc(Nc3nc4cc(CO)ccc4o3)cc2)cc1. The van der Waals surface area contributed by atoms with Crippen LogP contribution in [0.1, 0.15) is 27.9 Å². The summed E-state index contributed by atoms with van der Waals surface area (Å²) >= 11 is 0. The van der Waals surface area contributed by atoms with E-state index in [0.29, 0.717) is 29.1 Å². The number of fused-ring (bicyclic) bond motifs is 1. The number of aliphatic hydroxyl groups is 1. The van der Waals surface area contributed by atoms with Gasteiger partial charge in [-0.3, -0.25) is 9.59 Å². The van der Waals surface area contributed by atoms with Gasteiger partial charge in [0, 0.05) is 17.7 Å². The van der Waals surface area contributed by atoms with E-state index in [1.165, 1.54) is 0 Å². The van der Waals surface area contributed by atoms with Crippen molar-refractivity contribution in [1.82, 2.24) is 4.98 Å². The van der Waals surface area contributed by atoms with Crippen LogP contribution in [0.25, 0.3) is 22.2 Å². The molecular weight excluding hydrogens is 480 g/mol. The van der Waals surface area contributed by atoms with Crippen molar-refractivity contribution in [2.24, 2.45) is 5.92 Å². The summed E-state index contributed by atoms with van der Waals surface area (Å²) < 4.78 is 5.72. The molecular formula is C31H26N2O5. The summed E-state index contributed by atoms with van der Waals surface area (Å²) in [5.41, 5.74) is 6.15. The van der Waals surface area contributed by atoms with E-state index < -0.39 is 11.9 Å². The smallest absolute Gasteiger partial charge is 0.307 e. The normalized spacial score (nSPS) is 11.8. The Labute approximate surface area is 219 Å². The number of aromatic nitrogens is 1. The highest BCUT2D eigenvalue weighted by atomic mass is 16.4. The molecule has 0 saturated carbocycles. The van der Waals surface area contributed by atoms with Gasteiger partial charge in [-0.25, -0.2) is 0 Å². The van der Waals surface area contributed by atoms with Crippen molar-refractivity contribution in [3.05, 3.63) is 114 Å². The number of rotatable bonds is 10. The van der Waals surface area contributed by atoms with Gasteiger partial charge in [-0.15, -0.1) is 0 Å². The fraction of sp³-hybridized carbons (Fsp3) is 0.129. The van der Waals surface area contributed by atoms with Crippen molar-refractivity contribution < 1.29 is 24.2 Å². The minimum absolute atomic E-state index is 0.0545. The van der Waals surface area contributed by atoms with Crippen LogP contribution in [0.2, 0.25) is 0 Å². The molecule has 1 atom stereocenters. The monoisotopic (exact) mass is 506 g/mol. The number of carbonyl (C=O) groups is 2. The maximum atomic E-state index is 12.8. The lowest BCUT2D eigenvalue weighted by atomic mass is 9.91. The van der Waals surface area contributed by atoms with Gasteiger partial charge in [-0.2, -0.15) is 4.98 Å². The second-order valence-corrected chi connectivity index (χ2v) is 9.11. The third kappa shape index (κ3) is 5.79. The number of Topliss-reactive ketones (excluding diaryl/α,β-unsaturated/α-hetero) is 1. The number of aliphatic hydroxyl groups excluding tert-OH is 1. The maximum Gasteiger partial charge on any atom is 0.307 e. The highest BCUT2D eigenvalue weighted by Gasteiger charge is 2.22. The first-order valence-electron chi connectivity index (χ1n) is 12.3. The minimum Gasteiger partial charge on any atom is -0.481 e. The number of anilines is 2. The molecule has 5 rings (SSSR count). The zero-order valence-electron chi connectivity index (χ0n) is 20.5. The van der Waals surface area contributed by atoms with E-state index in [4.69, 9.17) is 4.42 Å². The summed E-state index contributed by atoms with van der Waals surface area (Å²) in [7, 11) is 0. The molecule has 3 N–H and O–H groups in total. The van der Waals surface area contributed by atoms with Gasteiger partial charge in [0.1, 0.15) is 5.52 Å². The Kier molecular flexibility index (Phi) is 7.28. The lowest BCUT2D eigenvalue weighted by Gasteiger charge is -2.12. The third-order valence-electron chi connectivity index (χ3n) is 6.42. The van der Waals surface area contributed by atoms with E-state index in [-0.39, 0.29) is 18.8 Å². The summed E-state index contributed by atoms with van der Waals surface area (Å²) in [4.78, 5) is 29.0. The molecule has 1 aromatic heterocycles. The van der Waals surface area contributed by atoms with Crippen LogP contribution in [0.5, 0.6) is 0 Å². The van der Waals surface area contributed by atoms with Crippen LogP contribution in [0.15, 0.2) is 101 Å². The van der Waals surface area contributed by atoms with Gasteiger partial charge in [0.2, 0.25) is 0 Å². The molecule has 0 aliphatic carbocycles. The molecule has 1 unspecified atom stereocenters. The number of carbonyl (C=O) groups excluding carboxylic acids is 1. The Morgan fingerprint density at radius 3 is 2.18 bits per heavy atom. The number of hydrogen-bond acceptors (Lipinski definition) is 6. The molecule has 0 bridgehead atoms. The molecule has 190 valence electrons. The zero-order chi connectivity index (χ0) is 26.5. The van der Waals surface area contributed by atoms with Crippen molar-refractivity contribution in [2.45, 2.75) is 19.4 Å². The average molecular weight is 507 g/mol. The molecule has 0 fully saturated rings. The molecule has 7 nitrogen and oxygen atoms in total. The van der Waals surface area contributed by atoms with E-state index in [1.54, 1.807) is 30.3 Å². The predicted octanol–water partition coefficient (Wildman–Crippen LogP) is 6.25. The second-order valence-electron chi connectivity index (χ2n) is 9.11.